The monoisotopic (exact) mass is 2420 g/mol. The summed E-state index contributed by atoms with van der Waals surface area (Å²) in [7, 11) is 0. The summed E-state index contributed by atoms with van der Waals surface area (Å²) in [4.78, 5) is 36.7. The molecule has 0 spiro atoms. The number of pyridine rings is 3. The molecule has 0 saturated heterocycles. The number of para-hydroxylation sites is 6. The first-order chi connectivity index (χ1) is 67.0. The van der Waals surface area contributed by atoms with E-state index in [0.29, 0.717) is 56.6 Å². The van der Waals surface area contributed by atoms with Gasteiger partial charge in [-0.3, -0.25) is 28.7 Å². The Morgan fingerprint density at radius 3 is 0.839 bits per heavy atom. The van der Waals surface area contributed by atoms with Crippen molar-refractivity contribution in [2.75, 3.05) is 0 Å². The van der Waals surface area contributed by atoms with Crippen molar-refractivity contribution in [1.29, 1.82) is 0 Å². The molecule has 0 amide bonds. The summed E-state index contributed by atoms with van der Waals surface area (Å²) in [5, 5.41) is 32.8. The van der Waals surface area contributed by atoms with E-state index < -0.39 is 11.6 Å². The largest absolute Gasteiger partial charge is 0.507 e. The molecule has 20 rings (SSSR count). The fourth-order valence-electron chi connectivity index (χ4n) is 17.5. The number of hydrogen-bond donors (Lipinski definition) is 3. The van der Waals surface area contributed by atoms with Crippen molar-refractivity contribution in [3.63, 3.8) is 0 Å². The molecule has 0 aliphatic carbocycles. The van der Waals surface area contributed by atoms with Gasteiger partial charge >= 0.3 is 0 Å². The Balaban J connectivity index is 0.000000161. The van der Waals surface area contributed by atoms with E-state index in [2.05, 4.69) is 227 Å². The summed E-state index contributed by atoms with van der Waals surface area (Å²) < 4.78 is 35.0. The third kappa shape index (κ3) is 21.8. The molecular formula is C124H104F2N11O3Pt3-3. The smallest absolute Gasteiger partial charge is 0.189 e. The van der Waals surface area contributed by atoms with Crippen molar-refractivity contribution in [2.45, 2.75) is 131 Å². The zero-order valence-electron chi connectivity index (χ0n) is 81.8. The number of benzene rings is 14. The van der Waals surface area contributed by atoms with Gasteiger partial charge in [0.25, 0.3) is 0 Å². The molecule has 0 unspecified atom stereocenters. The number of phenols is 3. The van der Waals surface area contributed by atoms with Crippen LogP contribution in [0.25, 0.3) is 183 Å². The van der Waals surface area contributed by atoms with Gasteiger partial charge in [0.2, 0.25) is 0 Å². The fraction of sp³-hybridized carbons (Fsp3) is 0.161. The SMILES string of the molecule is CC(C)(C)c1cc(-c2cc(-c3ccccn3)[c-]c(-c3cccc4c3nc(-c3ccccc3O)n4-c3cc(F)cc(F)c3)c2)cc(C(C)(C)C)c1.[C-]#[N+]c1cccc(-n2c(-c3ccccc3O)nc3c(-c4[c-]c(-c5ccccn5)cc(-c5cc(C(C)(C)C)cc(C(C)(C)C)c5)c4)cccc32)c1.[C-]#[N+]c1cccc(-n2c(-c3ccccc3O)nc3c(-c4[c-]c(-c5ccccn5)cc(C(C)(C)C)c4)cccc32)c1.[Pt].[Pt].[Pt]. The van der Waals surface area contributed by atoms with E-state index >= 15 is 0 Å². The van der Waals surface area contributed by atoms with Crippen molar-refractivity contribution >= 4 is 44.5 Å². The Morgan fingerprint density at radius 1 is 0.266 bits per heavy atom. The minimum atomic E-state index is -0.714. The second-order valence-electron chi connectivity index (χ2n) is 40.4. The third-order valence-electron chi connectivity index (χ3n) is 25.2. The van der Waals surface area contributed by atoms with Crippen LogP contribution in [0.5, 0.6) is 17.2 Å². The molecule has 20 aromatic rings. The van der Waals surface area contributed by atoms with E-state index in [1.54, 1.807) is 77.6 Å². The van der Waals surface area contributed by atoms with Crippen LogP contribution in [0.15, 0.2) is 340 Å². The number of fused-ring (bicyclic) bond motifs is 3. The molecule has 6 heterocycles. The molecule has 0 saturated carbocycles. The van der Waals surface area contributed by atoms with E-state index in [-0.39, 0.29) is 113 Å². The van der Waals surface area contributed by atoms with Crippen LogP contribution in [0.1, 0.15) is 132 Å². The van der Waals surface area contributed by atoms with Gasteiger partial charge in [0.1, 0.15) is 46.4 Å². The van der Waals surface area contributed by atoms with Gasteiger partial charge in [-0.05, 0) is 170 Å². The Morgan fingerprint density at radius 2 is 0.531 bits per heavy atom. The molecule has 720 valence electrons. The maximum atomic E-state index is 14.7. The number of aromatic hydroxyl groups is 3. The summed E-state index contributed by atoms with van der Waals surface area (Å²) in [5.41, 5.74) is 29.5. The number of imidazole rings is 3. The second kappa shape index (κ2) is 41.8. The molecule has 6 aromatic heterocycles. The molecule has 0 aliphatic heterocycles. The first kappa shape index (κ1) is 103. The van der Waals surface area contributed by atoms with E-state index in [0.717, 1.165) is 129 Å². The first-order valence-corrected chi connectivity index (χ1v) is 46.6. The molecule has 0 aliphatic rings. The molecule has 0 fully saturated rings. The Hall–Kier alpha value is -14.8. The van der Waals surface area contributed by atoms with Crippen molar-refractivity contribution in [1.82, 2.24) is 43.6 Å². The summed E-state index contributed by atoms with van der Waals surface area (Å²) >= 11 is 0. The van der Waals surface area contributed by atoms with Gasteiger partial charge in [0.15, 0.2) is 11.4 Å². The molecule has 0 radical (unpaired) electrons. The summed E-state index contributed by atoms with van der Waals surface area (Å²) in [6, 6.07) is 113. The van der Waals surface area contributed by atoms with Crippen molar-refractivity contribution < 1.29 is 87.3 Å². The van der Waals surface area contributed by atoms with Crippen LogP contribution in [0, 0.1) is 43.0 Å². The molecule has 143 heavy (non-hydrogen) atoms. The van der Waals surface area contributed by atoms with Crippen molar-refractivity contribution in [3.05, 3.63) is 421 Å². The maximum Gasteiger partial charge on any atom is 0.189 e. The average molecular weight is 2420 g/mol. The van der Waals surface area contributed by atoms with Gasteiger partial charge in [-0.15, -0.1) is 76.9 Å². The van der Waals surface area contributed by atoms with Gasteiger partial charge in [0, 0.05) is 116 Å². The summed E-state index contributed by atoms with van der Waals surface area (Å²) in [6.07, 6.45) is 5.38. The molecule has 0 bridgehead atoms. The van der Waals surface area contributed by atoms with Crippen molar-refractivity contribution in [2.24, 2.45) is 0 Å². The fourth-order valence-corrected chi connectivity index (χ4v) is 17.5. The van der Waals surface area contributed by atoms with Crippen LogP contribution >= 0.6 is 0 Å². The number of phenolic OH excluding ortho intramolecular Hbond substituents is 3. The molecule has 19 heteroatoms. The first-order valence-electron chi connectivity index (χ1n) is 46.6. The maximum absolute atomic E-state index is 14.7. The molecular weight excluding hydrogens is 2310 g/mol. The van der Waals surface area contributed by atoms with E-state index in [9.17, 15) is 24.1 Å². The normalized spacial score (nSPS) is 11.6. The predicted octanol–water partition coefficient (Wildman–Crippen LogP) is 32.0. The van der Waals surface area contributed by atoms with E-state index in [1.807, 2.05) is 173 Å². The Kier molecular flexibility index (Phi) is 30.0. The van der Waals surface area contributed by atoms with Crippen LogP contribution in [-0.2, 0) is 90.3 Å². The molecule has 0 atom stereocenters. The number of rotatable bonds is 14. The predicted molar refractivity (Wildman–Crippen MR) is 564 cm³/mol. The van der Waals surface area contributed by atoms with Crippen LogP contribution in [0.2, 0.25) is 0 Å². The second-order valence-corrected chi connectivity index (χ2v) is 40.4. The quantitative estimate of drug-likeness (QED) is 0.0900. The average Bonchev–Trinajstić information content (AvgIpc) is 1.60. The molecule has 14 nitrogen and oxygen atoms in total. The summed E-state index contributed by atoms with van der Waals surface area (Å²) in [6.45, 7) is 48.7. The van der Waals surface area contributed by atoms with Crippen LogP contribution in [0.3, 0.4) is 0 Å². The van der Waals surface area contributed by atoms with Crippen LogP contribution in [-0.4, -0.2) is 58.9 Å². The van der Waals surface area contributed by atoms with Crippen molar-refractivity contribution in [3.8, 4) is 158 Å². The van der Waals surface area contributed by atoms with Gasteiger partial charge in [-0.2, -0.15) is 0 Å². The number of halogens is 2. The third-order valence-corrected chi connectivity index (χ3v) is 25.2. The Bertz CT molecular complexity index is 8170. The van der Waals surface area contributed by atoms with Crippen LogP contribution < -0.4 is 0 Å². The molecule has 3 N–H and O–H groups in total. The van der Waals surface area contributed by atoms with Gasteiger partial charge in [-0.25, -0.2) is 33.4 Å². The van der Waals surface area contributed by atoms with Crippen LogP contribution in [0.4, 0.5) is 20.2 Å². The minimum absolute atomic E-state index is 0. The van der Waals surface area contributed by atoms with Gasteiger partial charge in [-0.1, -0.05) is 318 Å². The molecule has 14 aromatic carbocycles. The zero-order valence-corrected chi connectivity index (χ0v) is 88.6. The topological polar surface area (TPSA) is 162 Å². The number of nitrogens with zero attached hydrogens (tertiary/aromatic N) is 11. The number of hydrogen-bond acceptors (Lipinski definition) is 9. The standard InChI is InChI=1S/C45H39N4O.C44H38F2N3O.C35H27N4O.3Pt/c1-44(2,3)33-25-30(26-34(27-33)45(4,5)6)29-22-31(24-32(23-29)39-18-10-11-21-47-39)37-17-13-19-40-42(37)48-43(38-16-8-9-20-41(38)50)49(40)36-15-12-14-35(28-36)46-7;1-43(2,3)31-21-28(22-32(23-31)44(4,5)6)27-18-29(20-30(19-27)38-14-9-10-17-47-38)36-13-11-15-39-41(36)48-42(37-12-7-8-16-40(37)50)49(39)35-25-33(45)24-34(46)26-35;1-35(2,3)25-20-23(19-24(21-25)30-15-7-8-18-37-30)28-14-10-16-31-33(28)38-34(29-13-5-6-17-32(29)40)39(31)27-12-9-11-26(22-27)36-4;;;/h8-23,25-28,50H,1-6H3;7-19,21-26,50H,1-6H3;5-18,20-22,40H,1-3H3;;;/q3*-1;;;. The number of aromatic nitrogens is 9. The minimum Gasteiger partial charge on any atom is -0.507 e. The zero-order chi connectivity index (χ0) is 98.4. The van der Waals surface area contributed by atoms with Gasteiger partial charge < -0.3 is 15.3 Å². The van der Waals surface area contributed by atoms with E-state index in [1.165, 1.54) is 39.9 Å². The van der Waals surface area contributed by atoms with E-state index in [4.69, 9.17) is 33.1 Å². The van der Waals surface area contributed by atoms with Gasteiger partial charge in [0.05, 0.1) is 68.6 Å². The summed E-state index contributed by atoms with van der Waals surface area (Å²) in [5.74, 6) is 0.378. The Labute approximate surface area is 877 Å².